The van der Waals surface area contributed by atoms with E-state index in [1.54, 1.807) is 19.2 Å². The maximum absolute atomic E-state index is 11.8. The summed E-state index contributed by atoms with van der Waals surface area (Å²) in [5.41, 5.74) is 3.39. The Balaban J connectivity index is 0.00000341. The van der Waals surface area contributed by atoms with Gasteiger partial charge < -0.3 is 15.1 Å². The monoisotopic (exact) mass is 577 g/mol. The van der Waals surface area contributed by atoms with Gasteiger partial charge >= 0.3 is 0 Å². The third-order valence-corrected chi connectivity index (χ3v) is 6.92. The van der Waals surface area contributed by atoms with Gasteiger partial charge in [-0.15, -0.1) is 24.0 Å². The lowest BCUT2D eigenvalue weighted by molar-refractivity contribution is 0.372. The van der Waals surface area contributed by atoms with Crippen molar-refractivity contribution < 1.29 is 8.42 Å². The molecule has 0 amide bonds. The second-order valence-corrected chi connectivity index (χ2v) is 9.48. The van der Waals surface area contributed by atoms with Crippen LogP contribution in [0, 0.1) is 6.92 Å². The van der Waals surface area contributed by atoms with E-state index in [1.165, 1.54) is 18.3 Å². The number of sulfonamides is 1. The van der Waals surface area contributed by atoms with Gasteiger partial charge in [0.05, 0.1) is 4.90 Å². The zero-order valence-corrected chi connectivity index (χ0v) is 21.8. The third-order valence-electron chi connectivity index (χ3n) is 5.26. The van der Waals surface area contributed by atoms with Crippen molar-refractivity contribution in [2.75, 3.05) is 45.2 Å². The molecule has 0 unspecified atom stereocenters. The van der Waals surface area contributed by atoms with Crippen molar-refractivity contribution >= 4 is 57.2 Å². The SMILES string of the molecule is CN=C(NCc1ccc(S(=O)(=O)NC)cc1)N1CCN(c2cc(Cl)ccc2C)CC1.I. The molecule has 0 aliphatic carbocycles. The summed E-state index contributed by atoms with van der Waals surface area (Å²) >= 11 is 6.18. The van der Waals surface area contributed by atoms with Gasteiger partial charge in [-0.2, -0.15) is 0 Å². The van der Waals surface area contributed by atoms with E-state index in [2.05, 4.69) is 37.8 Å². The predicted octanol–water partition coefficient (Wildman–Crippen LogP) is 3.07. The lowest BCUT2D eigenvalue weighted by Crippen LogP contribution is -2.52. The predicted molar refractivity (Wildman–Crippen MR) is 138 cm³/mol. The Morgan fingerprint density at radius 2 is 1.74 bits per heavy atom. The van der Waals surface area contributed by atoms with Gasteiger partial charge in [0, 0.05) is 50.5 Å². The average molecular weight is 578 g/mol. The molecule has 3 rings (SSSR count). The van der Waals surface area contributed by atoms with Gasteiger partial charge in [-0.05, 0) is 49.4 Å². The van der Waals surface area contributed by atoms with Crippen molar-refractivity contribution in [1.82, 2.24) is 14.9 Å². The van der Waals surface area contributed by atoms with Gasteiger partial charge in [0.1, 0.15) is 0 Å². The van der Waals surface area contributed by atoms with Crippen LogP contribution < -0.4 is 14.9 Å². The van der Waals surface area contributed by atoms with Gasteiger partial charge in [0.2, 0.25) is 10.0 Å². The summed E-state index contributed by atoms with van der Waals surface area (Å²) in [5.74, 6) is 0.837. The first-order valence-corrected chi connectivity index (χ1v) is 11.7. The minimum Gasteiger partial charge on any atom is -0.368 e. The van der Waals surface area contributed by atoms with Crippen LogP contribution in [0.4, 0.5) is 5.69 Å². The quantitative estimate of drug-likeness (QED) is 0.325. The van der Waals surface area contributed by atoms with Crippen molar-refractivity contribution in [3.8, 4) is 0 Å². The molecule has 2 aromatic rings. The van der Waals surface area contributed by atoms with Crippen molar-refractivity contribution in [2.24, 2.45) is 4.99 Å². The van der Waals surface area contributed by atoms with Crippen LogP contribution in [0.15, 0.2) is 52.4 Å². The smallest absolute Gasteiger partial charge is 0.240 e. The number of piperazine rings is 1. The summed E-state index contributed by atoms with van der Waals surface area (Å²) in [5, 5.41) is 4.13. The summed E-state index contributed by atoms with van der Waals surface area (Å²) < 4.78 is 26.0. The Bertz CT molecular complexity index is 1010. The Labute approximate surface area is 206 Å². The largest absolute Gasteiger partial charge is 0.368 e. The first kappa shape index (κ1) is 25.7. The molecule has 0 saturated carbocycles. The van der Waals surface area contributed by atoms with Crippen LogP contribution in [0.1, 0.15) is 11.1 Å². The van der Waals surface area contributed by atoms with Crippen molar-refractivity contribution in [2.45, 2.75) is 18.4 Å². The number of anilines is 1. The molecule has 0 bridgehead atoms. The number of hydrogen-bond donors (Lipinski definition) is 2. The number of nitrogens with zero attached hydrogens (tertiary/aromatic N) is 3. The molecule has 1 aliphatic heterocycles. The van der Waals surface area contributed by atoms with E-state index >= 15 is 0 Å². The topological polar surface area (TPSA) is 77.0 Å². The summed E-state index contributed by atoms with van der Waals surface area (Å²) in [7, 11) is -0.236. The Hall–Kier alpha value is -1.56. The number of guanidine groups is 1. The van der Waals surface area contributed by atoms with E-state index in [4.69, 9.17) is 11.6 Å². The van der Waals surface area contributed by atoms with Crippen molar-refractivity contribution in [1.29, 1.82) is 0 Å². The number of rotatable bonds is 5. The molecule has 10 heteroatoms. The zero-order chi connectivity index (χ0) is 21.7. The summed E-state index contributed by atoms with van der Waals surface area (Å²) in [6.45, 7) is 6.15. The normalized spacial score (nSPS) is 14.9. The van der Waals surface area contributed by atoms with E-state index in [-0.39, 0.29) is 28.9 Å². The first-order valence-electron chi connectivity index (χ1n) is 9.83. The number of benzene rings is 2. The molecule has 1 heterocycles. The Kier molecular flexibility index (Phi) is 9.41. The molecule has 0 spiro atoms. The lowest BCUT2D eigenvalue weighted by Gasteiger charge is -2.38. The van der Waals surface area contributed by atoms with E-state index in [1.807, 2.05) is 24.3 Å². The highest BCUT2D eigenvalue weighted by Gasteiger charge is 2.21. The van der Waals surface area contributed by atoms with E-state index in [0.717, 1.165) is 42.7 Å². The molecule has 31 heavy (non-hydrogen) atoms. The fourth-order valence-electron chi connectivity index (χ4n) is 3.50. The Morgan fingerprint density at radius 1 is 1.10 bits per heavy atom. The average Bonchev–Trinajstić information content (AvgIpc) is 2.76. The second-order valence-electron chi connectivity index (χ2n) is 7.16. The summed E-state index contributed by atoms with van der Waals surface area (Å²) in [6.07, 6.45) is 0. The maximum Gasteiger partial charge on any atom is 0.240 e. The highest BCUT2D eigenvalue weighted by atomic mass is 127. The maximum atomic E-state index is 11.8. The van der Waals surface area contributed by atoms with Crippen LogP contribution in [-0.4, -0.2) is 59.6 Å². The molecule has 7 nitrogen and oxygen atoms in total. The number of nitrogens with one attached hydrogen (secondary N) is 2. The molecule has 0 aromatic heterocycles. The number of halogens is 2. The second kappa shape index (κ2) is 11.3. The van der Waals surface area contributed by atoms with Crippen LogP contribution >= 0.6 is 35.6 Å². The van der Waals surface area contributed by atoms with Crippen LogP contribution in [0.3, 0.4) is 0 Å². The highest BCUT2D eigenvalue weighted by molar-refractivity contribution is 14.0. The fraction of sp³-hybridized carbons (Fsp3) is 0.381. The van der Waals surface area contributed by atoms with E-state index in [9.17, 15) is 8.42 Å². The van der Waals surface area contributed by atoms with Gasteiger partial charge in [-0.25, -0.2) is 13.1 Å². The molecule has 170 valence electrons. The van der Waals surface area contributed by atoms with E-state index in [0.29, 0.717) is 6.54 Å². The van der Waals surface area contributed by atoms with Gasteiger partial charge in [0.15, 0.2) is 5.96 Å². The molecule has 2 aromatic carbocycles. The minimum atomic E-state index is -3.42. The zero-order valence-electron chi connectivity index (χ0n) is 17.9. The lowest BCUT2D eigenvalue weighted by atomic mass is 10.1. The molecule has 2 N–H and O–H groups in total. The first-order chi connectivity index (χ1) is 14.3. The van der Waals surface area contributed by atoms with Crippen LogP contribution in [0.25, 0.3) is 0 Å². The van der Waals surface area contributed by atoms with Crippen LogP contribution in [-0.2, 0) is 16.6 Å². The molecule has 1 aliphatic rings. The molecular formula is C21H29ClIN5O2S. The third kappa shape index (κ3) is 6.47. The van der Waals surface area contributed by atoms with Crippen molar-refractivity contribution in [3.63, 3.8) is 0 Å². The number of aryl methyl sites for hydroxylation is 1. The van der Waals surface area contributed by atoms with E-state index < -0.39 is 10.0 Å². The molecular weight excluding hydrogens is 549 g/mol. The van der Waals surface area contributed by atoms with Crippen molar-refractivity contribution in [3.05, 3.63) is 58.6 Å². The molecule has 1 saturated heterocycles. The highest BCUT2D eigenvalue weighted by Crippen LogP contribution is 2.25. The van der Waals surface area contributed by atoms with Gasteiger partial charge in [0.25, 0.3) is 0 Å². The minimum absolute atomic E-state index is 0. The summed E-state index contributed by atoms with van der Waals surface area (Å²) in [6, 6.07) is 12.8. The molecule has 0 atom stereocenters. The molecule has 0 radical (unpaired) electrons. The number of hydrogen-bond acceptors (Lipinski definition) is 4. The number of aliphatic imine (C=N–C) groups is 1. The Morgan fingerprint density at radius 3 is 2.32 bits per heavy atom. The van der Waals surface area contributed by atoms with Crippen LogP contribution in [0.5, 0.6) is 0 Å². The fourth-order valence-corrected chi connectivity index (χ4v) is 4.40. The summed E-state index contributed by atoms with van der Waals surface area (Å²) in [4.78, 5) is 9.25. The van der Waals surface area contributed by atoms with Gasteiger partial charge in [-0.1, -0.05) is 29.8 Å². The van der Waals surface area contributed by atoms with Crippen LogP contribution in [0.2, 0.25) is 5.02 Å². The van der Waals surface area contributed by atoms with Gasteiger partial charge in [-0.3, -0.25) is 4.99 Å². The molecule has 1 fully saturated rings. The standard InChI is InChI=1S/C21H28ClN5O2S.HI/c1-16-4-7-18(22)14-20(16)26-10-12-27(13-11-26)21(23-2)25-15-17-5-8-19(9-6-17)30(28,29)24-3;/h4-9,14,24H,10-13,15H2,1-3H3,(H,23,25);1H.